The van der Waals surface area contributed by atoms with Gasteiger partial charge in [-0.25, -0.2) is 0 Å². The predicted octanol–water partition coefficient (Wildman–Crippen LogP) is 2.17. The number of anilines is 1. The quantitative estimate of drug-likeness (QED) is 0.825. The highest BCUT2D eigenvalue weighted by Crippen LogP contribution is 2.47. The summed E-state index contributed by atoms with van der Waals surface area (Å²) in [6.07, 6.45) is 1.54. The number of carbonyl (C=O) groups is 1. The maximum absolute atomic E-state index is 12.1. The first-order chi connectivity index (χ1) is 9.26. The summed E-state index contributed by atoms with van der Waals surface area (Å²) in [6, 6.07) is 2.12. The summed E-state index contributed by atoms with van der Waals surface area (Å²) in [5.41, 5.74) is 9.48. The first-order valence-electron chi connectivity index (χ1n) is 7.12. The number of ether oxygens (including phenoxy) is 1. The van der Waals surface area contributed by atoms with E-state index in [0.29, 0.717) is 13.0 Å². The Labute approximate surface area is 119 Å². The fourth-order valence-electron chi connectivity index (χ4n) is 3.15. The number of nitrogens with two attached hydrogens (primary N) is 1. The van der Waals surface area contributed by atoms with Gasteiger partial charge in [0.1, 0.15) is 11.4 Å². The van der Waals surface area contributed by atoms with Crippen LogP contribution in [-0.4, -0.2) is 18.1 Å². The summed E-state index contributed by atoms with van der Waals surface area (Å²) in [6.45, 7) is 8.51. The molecule has 0 aromatic heterocycles. The number of aryl methyl sites for hydroxylation is 1. The standard InChI is InChI=1S/C16H22N2O2/c1-9-5-10-6-16(4,8-17)20-13(10)11-7-15(2,3)14(19)18-12(9)11/h5H,6-8,17H2,1-4H3,(H,18,19). The monoisotopic (exact) mass is 274 g/mol. The molecule has 0 spiro atoms. The molecule has 20 heavy (non-hydrogen) atoms. The summed E-state index contributed by atoms with van der Waals surface area (Å²) >= 11 is 0. The Morgan fingerprint density at radius 1 is 1.35 bits per heavy atom. The van der Waals surface area contributed by atoms with Crippen molar-refractivity contribution >= 4 is 11.6 Å². The zero-order valence-corrected chi connectivity index (χ0v) is 12.6. The van der Waals surface area contributed by atoms with E-state index >= 15 is 0 Å². The van der Waals surface area contributed by atoms with Crippen LogP contribution in [0.25, 0.3) is 0 Å². The first kappa shape index (κ1) is 13.4. The number of carbonyl (C=O) groups excluding carboxylic acids is 1. The SMILES string of the molecule is Cc1cc2c(c3c1NC(=O)C(C)(C)C3)OC(C)(CN)C2. The molecule has 4 heteroatoms. The molecular weight excluding hydrogens is 252 g/mol. The van der Waals surface area contributed by atoms with E-state index in [4.69, 9.17) is 10.5 Å². The van der Waals surface area contributed by atoms with Crippen LogP contribution < -0.4 is 15.8 Å². The molecule has 1 aromatic carbocycles. The number of benzene rings is 1. The molecule has 2 aliphatic heterocycles. The van der Waals surface area contributed by atoms with E-state index in [1.54, 1.807) is 0 Å². The van der Waals surface area contributed by atoms with Crippen LogP contribution >= 0.6 is 0 Å². The van der Waals surface area contributed by atoms with Gasteiger partial charge >= 0.3 is 0 Å². The highest BCUT2D eigenvalue weighted by molar-refractivity contribution is 5.99. The number of amides is 1. The summed E-state index contributed by atoms with van der Waals surface area (Å²) in [4.78, 5) is 12.1. The maximum atomic E-state index is 12.1. The van der Waals surface area contributed by atoms with Crippen LogP contribution in [0.4, 0.5) is 5.69 Å². The third-order valence-corrected chi connectivity index (χ3v) is 4.47. The van der Waals surface area contributed by atoms with Gasteiger partial charge in [-0.05, 0) is 31.4 Å². The van der Waals surface area contributed by atoms with Gasteiger partial charge in [0, 0.05) is 23.9 Å². The molecule has 0 saturated heterocycles. The second-order valence-corrected chi connectivity index (χ2v) is 6.98. The van der Waals surface area contributed by atoms with Crippen molar-refractivity contribution in [2.24, 2.45) is 11.1 Å². The van der Waals surface area contributed by atoms with Crippen LogP contribution in [0, 0.1) is 12.3 Å². The lowest BCUT2D eigenvalue weighted by atomic mass is 9.79. The van der Waals surface area contributed by atoms with E-state index in [-0.39, 0.29) is 11.5 Å². The predicted molar refractivity (Wildman–Crippen MR) is 79.1 cm³/mol. The van der Waals surface area contributed by atoms with Crippen molar-refractivity contribution in [1.82, 2.24) is 0 Å². The topological polar surface area (TPSA) is 64.3 Å². The Kier molecular flexibility index (Phi) is 2.67. The molecular formula is C16H22N2O2. The molecule has 3 N–H and O–H groups in total. The Hall–Kier alpha value is -1.55. The summed E-state index contributed by atoms with van der Waals surface area (Å²) in [7, 11) is 0. The third-order valence-electron chi connectivity index (χ3n) is 4.47. The molecule has 2 aliphatic rings. The summed E-state index contributed by atoms with van der Waals surface area (Å²) in [5, 5.41) is 3.04. The number of nitrogens with one attached hydrogen (secondary N) is 1. The van der Waals surface area contributed by atoms with Crippen molar-refractivity contribution < 1.29 is 9.53 Å². The number of fused-ring (bicyclic) bond motifs is 3. The minimum Gasteiger partial charge on any atom is -0.485 e. The van der Waals surface area contributed by atoms with Gasteiger partial charge in [-0.3, -0.25) is 4.79 Å². The molecule has 0 saturated carbocycles. The van der Waals surface area contributed by atoms with Crippen molar-refractivity contribution in [2.45, 2.75) is 46.1 Å². The molecule has 1 aromatic rings. The molecule has 0 aliphatic carbocycles. The van der Waals surface area contributed by atoms with Crippen LogP contribution in [-0.2, 0) is 17.6 Å². The van der Waals surface area contributed by atoms with Crippen molar-refractivity contribution in [3.8, 4) is 5.75 Å². The first-order valence-corrected chi connectivity index (χ1v) is 7.12. The van der Waals surface area contributed by atoms with Crippen molar-refractivity contribution in [3.05, 3.63) is 22.8 Å². The molecule has 4 nitrogen and oxygen atoms in total. The van der Waals surface area contributed by atoms with E-state index in [9.17, 15) is 4.79 Å². The minimum absolute atomic E-state index is 0.0765. The number of hydrogen-bond donors (Lipinski definition) is 2. The molecule has 0 fully saturated rings. The fraction of sp³-hybridized carbons (Fsp3) is 0.562. The molecule has 1 unspecified atom stereocenters. The smallest absolute Gasteiger partial charge is 0.230 e. The Morgan fingerprint density at radius 3 is 2.70 bits per heavy atom. The van der Waals surface area contributed by atoms with Crippen LogP contribution in [0.3, 0.4) is 0 Å². The van der Waals surface area contributed by atoms with Gasteiger partial charge in [-0.1, -0.05) is 19.9 Å². The zero-order chi connectivity index (χ0) is 14.7. The molecule has 2 heterocycles. The van der Waals surface area contributed by atoms with Crippen molar-refractivity contribution in [2.75, 3.05) is 11.9 Å². The average molecular weight is 274 g/mol. The molecule has 0 bridgehead atoms. The Morgan fingerprint density at radius 2 is 2.05 bits per heavy atom. The van der Waals surface area contributed by atoms with E-state index in [1.165, 1.54) is 5.56 Å². The second-order valence-electron chi connectivity index (χ2n) is 6.98. The minimum atomic E-state index is -0.403. The number of rotatable bonds is 1. The van der Waals surface area contributed by atoms with Crippen LogP contribution in [0.1, 0.15) is 37.5 Å². The van der Waals surface area contributed by atoms with Crippen LogP contribution in [0.2, 0.25) is 0 Å². The molecule has 0 radical (unpaired) electrons. The summed E-state index contributed by atoms with van der Waals surface area (Å²) in [5.74, 6) is 1.01. The van der Waals surface area contributed by atoms with E-state index < -0.39 is 5.41 Å². The van der Waals surface area contributed by atoms with Gasteiger partial charge < -0.3 is 15.8 Å². The Bertz CT molecular complexity index is 607. The summed E-state index contributed by atoms with van der Waals surface area (Å²) < 4.78 is 6.15. The lowest BCUT2D eigenvalue weighted by Gasteiger charge is -2.33. The van der Waals surface area contributed by atoms with Gasteiger partial charge in [0.05, 0.1) is 5.69 Å². The van der Waals surface area contributed by atoms with E-state index in [2.05, 4.69) is 11.4 Å². The van der Waals surface area contributed by atoms with Gasteiger partial charge in [0.25, 0.3) is 0 Å². The van der Waals surface area contributed by atoms with Gasteiger partial charge in [0.15, 0.2) is 0 Å². The fourth-order valence-corrected chi connectivity index (χ4v) is 3.15. The Balaban J connectivity index is 2.14. The molecule has 108 valence electrons. The number of hydrogen-bond acceptors (Lipinski definition) is 3. The largest absolute Gasteiger partial charge is 0.485 e. The van der Waals surface area contributed by atoms with E-state index in [0.717, 1.165) is 29.0 Å². The second kappa shape index (κ2) is 3.98. The zero-order valence-electron chi connectivity index (χ0n) is 12.6. The third kappa shape index (κ3) is 1.82. The highest BCUT2D eigenvalue weighted by Gasteiger charge is 2.41. The lowest BCUT2D eigenvalue weighted by Crippen LogP contribution is -2.39. The van der Waals surface area contributed by atoms with Gasteiger partial charge in [-0.15, -0.1) is 0 Å². The van der Waals surface area contributed by atoms with Gasteiger partial charge in [0.2, 0.25) is 5.91 Å². The normalized spacial score (nSPS) is 26.6. The molecule has 3 rings (SSSR count). The lowest BCUT2D eigenvalue weighted by molar-refractivity contribution is -0.124. The van der Waals surface area contributed by atoms with Crippen molar-refractivity contribution in [3.63, 3.8) is 0 Å². The van der Waals surface area contributed by atoms with Crippen LogP contribution in [0.5, 0.6) is 5.75 Å². The molecule has 1 atom stereocenters. The average Bonchev–Trinajstić information content (AvgIpc) is 2.69. The maximum Gasteiger partial charge on any atom is 0.230 e. The van der Waals surface area contributed by atoms with Crippen molar-refractivity contribution in [1.29, 1.82) is 0 Å². The van der Waals surface area contributed by atoms with Crippen LogP contribution in [0.15, 0.2) is 6.07 Å². The van der Waals surface area contributed by atoms with Gasteiger partial charge in [-0.2, -0.15) is 0 Å². The van der Waals surface area contributed by atoms with E-state index in [1.807, 2.05) is 27.7 Å². The molecule has 1 amide bonds. The highest BCUT2D eigenvalue weighted by atomic mass is 16.5.